The number of para-hydroxylation sites is 1. The minimum Gasteiger partial charge on any atom is -0.485 e. The Bertz CT molecular complexity index is 938. The van der Waals surface area contributed by atoms with Crippen molar-refractivity contribution < 1.29 is 22.7 Å². The SMILES string of the molecule is CC1CC2(CCN(C(=O)Nc3ccc(C(F)(F)F)cc3)CC2)Oc2c(Cl)cccc21. The molecule has 1 N–H and O–H groups in total. The number of rotatable bonds is 1. The van der Waals surface area contributed by atoms with Crippen LogP contribution in [0.3, 0.4) is 0 Å². The summed E-state index contributed by atoms with van der Waals surface area (Å²) in [5, 5.41) is 3.27. The number of nitrogens with zero attached hydrogens (tertiary/aromatic N) is 1. The molecule has 2 aromatic carbocycles. The van der Waals surface area contributed by atoms with Crippen molar-refractivity contribution in [1.29, 1.82) is 0 Å². The molecule has 2 aromatic rings. The van der Waals surface area contributed by atoms with Crippen LogP contribution in [0.25, 0.3) is 0 Å². The number of urea groups is 1. The lowest BCUT2D eigenvalue weighted by Crippen LogP contribution is -2.52. The summed E-state index contributed by atoms with van der Waals surface area (Å²) < 4.78 is 44.4. The summed E-state index contributed by atoms with van der Waals surface area (Å²) >= 11 is 6.35. The molecule has 0 aromatic heterocycles. The van der Waals surface area contributed by atoms with Gasteiger partial charge in [0.25, 0.3) is 0 Å². The van der Waals surface area contributed by atoms with Crippen LogP contribution in [0.2, 0.25) is 5.02 Å². The van der Waals surface area contributed by atoms with E-state index < -0.39 is 11.7 Å². The number of carbonyl (C=O) groups excluding carboxylic acids is 1. The number of fused-ring (bicyclic) bond motifs is 1. The average Bonchev–Trinajstić information content (AvgIpc) is 2.69. The summed E-state index contributed by atoms with van der Waals surface area (Å²) in [4.78, 5) is 14.2. The van der Waals surface area contributed by atoms with Gasteiger partial charge < -0.3 is 15.0 Å². The monoisotopic (exact) mass is 438 g/mol. The van der Waals surface area contributed by atoms with Gasteiger partial charge in [-0.1, -0.05) is 30.7 Å². The van der Waals surface area contributed by atoms with Gasteiger partial charge in [0, 0.05) is 31.6 Å². The maximum absolute atomic E-state index is 12.7. The first-order valence-electron chi connectivity index (χ1n) is 9.87. The standard InChI is InChI=1S/C22H22ClF3N2O2/c1-14-13-21(30-19-17(14)3-2-4-18(19)23)9-11-28(12-10-21)20(29)27-16-7-5-15(6-8-16)22(24,25)26/h2-8,14H,9-13H2,1H3,(H,27,29). The Morgan fingerprint density at radius 1 is 1.17 bits per heavy atom. The van der Waals surface area contributed by atoms with Crippen LogP contribution in [-0.4, -0.2) is 29.6 Å². The molecule has 2 aliphatic rings. The molecular weight excluding hydrogens is 417 g/mol. The Morgan fingerprint density at radius 2 is 1.83 bits per heavy atom. The molecular formula is C22H22ClF3N2O2. The van der Waals surface area contributed by atoms with E-state index in [-0.39, 0.29) is 11.6 Å². The highest BCUT2D eigenvalue weighted by Crippen LogP contribution is 2.47. The Morgan fingerprint density at radius 3 is 2.47 bits per heavy atom. The molecule has 8 heteroatoms. The molecule has 4 rings (SSSR count). The molecule has 160 valence electrons. The highest BCUT2D eigenvalue weighted by Gasteiger charge is 2.43. The molecule has 0 radical (unpaired) electrons. The van der Waals surface area contributed by atoms with Crippen molar-refractivity contribution >= 4 is 23.3 Å². The number of benzene rings is 2. The molecule has 1 fully saturated rings. The van der Waals surface area contributed by atoms with Crippen LogP contribution in [0, 0.1) is 0 Å². The van der Waals surface area contributed by atoms with E-state index in [1.165, 1.54) is 12.1 Å². The number of anilines is 1. The van der Waals surface area contributed by atoms with Gasteiger partial charge in [0.1, 0.15) is 11.4 Å². The number of nitrogens with one attached hydrogen (secondary N) is 1. The van der Waals surface area contributed by atoms with E-state index >= 15 is 0 Å². The number of amides is 2. The molecule has 1 spiro atoms. The fraction of sp³-hybridized carbons (Fsp3) is 0.409. The zero-order valence-electron chi connectivity index (χ0n) is 16.4. The summed E-state index contributed by atoms with van der Waals surface area (Å²) in [5.74, 6) is 1.04. The first-order chi connectivity index (χ1) is 14.2. The third kappa shape index (κ3) is 4.08. The number of halogens is 4. The molecule has 0 saturated carbocycles. The quantitative estimate of drug-likeness (QED) is 0.566. The van der Waals surface area contributed by atoms with Crippen molar-refractivity contribution in [3.63, 3.8) is 0 Å². The third-order valence-corrected chi connectivity index (χ3v) is 6.25. The van der Waals surface area contributed by atoms with Crippen molar-refractivity contribution in [3.8, 4) is 5.75 Å². The summed E-state index contributed by atoms with van der Waals surface area (Å²) in [6.45, 7) is 3.15. The summed E-state index contributed by atoms with van der Waals surface area (Å²) in [7, 11) is 0. The molecule has 2 heterocycles. The summed E-state index contributed by atoms with van der Waals surface area (Å²) in [6.07, 6.45) is -2.21. The zero-order chi connectivity index (χ0) is 21.5. The number of likely N-dealkylation sites (tertiary alicyclic amines) is 1. The fourth-order valence-corrected chi connectivity index (χ4v) is 4.54. The maximum Gasteiger partial charge on any atom is 0.416 e. The molecule has 1 atom stereocenters. The molecule has 0 aliphatic carbocycles. The van der Waals surface area contributed by atoms with Crippen molar-refractivity contribution in [3.05, 3.63) is 58.6 Å². The molecule has 0 bridgehead atoms. The largest absolute Gasteiger partial charge is 0.485 e. The van der Waals surface area contributed by atoms with Gasteiger partial charge in [0.15, 0.2) is 0 Å². The number of alkyl halides is 3. The highest BCUT2D eigenvalue weighted by molar-refractivity contribution is 6.32. The highest BCUT2D eigenvalue weighted by atomic mass is 35.5. The molecule has 2 amide bonds. The van der Waals surface area contributed by atoms with Crippen LogP contribution in [0.15, 0.2) is 42.5 Å². The Labute approximate surface area is 178 Å². The first-order valence-corrected chi connectivity index (χ1v) is 10.3. The minimum atomic E-state index is -4.40. The minimum absolute atomic E-state index is 0.306. The molecule has 4 nitrogen and oxygen atoms in total. The lowest BCUT2D eigenvalue weighted by Gasteiger charge is -2.46. The first kappa shape index (κ1) is 20.8. The Hall–Kier alpha value is -2.41. The Balaban J connectivity index is 1.39. The van der Waals surface area contributed by atoms with Gasteiger partial charge in [-0.3, -0.25) is 0 Å². The van der Waals surface area contributed by atoms with Crippen LogP contribution in [-0.2, 0) is 6.18 Å². The van der Waals surface area contributed by atoms with E-state index in [1.54, 1.807) is 4.90 Å². The second-order valence-electron chi connectivity index (χ2n) is 8.04. The fourth-order valence-electron chi connectivity index (χ4n) is 4.32. The van der Waals surface area contributed by atoms with Gasteiger partial charge in [-0.2, -0.15) is 13.2 Å². The van der Waals surface area contributed by atoms with Crippen LogP contribution < -0.4 is 10.1 Å². The van der Waals surface area contributed by atoms with E-state index in [4.69, 9.17) is 16.3 Å². The maximum atomic E-state index is 12.7. The zero-order valence-corrected chi connectivity index (χ0v) is 17.2. The molecule has 1 saturated heterocycles. The second-order valence-corrected chi connectivity index (χ2v) is 8.45. The van der Waals surface area contributed by atoms with Crippen LogP contribution in [0.4, 0.5) is 23.7 Å². The number of hydrogen-bond acceptors (Lipinski definition) is 2. The molecule has 30 heavy (non-hydrogen) atoms. The van der Waals surface area contributed by atoms with Crippen molar-refractivity contribution in [2.24, 2.45) is 0 Å². The van der Waals surface area contributed by atoms with E-state index in [1.807, 2.05) is 18.2 Å². The smallest absolute Gasteiger partial charge is 0.416 e. The Kier molecular flexibility index (Phi) is 5.34. The molecule has 2 aliphatic heterocycles. The summed E-state index contributed by atoms with van der Waals surface area (Å²) in [5.41, 5.74) is 0.331. The van der Waals surface area contributed by atoms with Crippen LogP contribution >= 0.6 is 11.6 Å². The molecule has 1 unspecified atom stereocenters. The van der Waals surface area contributed by atoms with Gasteiger partial charge in [-0.05, 0) is 48.2 Å². The second kappa shape index (κ2) is 7.69. The number of carbonyl (C=O) groups is 1. The summed E-state index contributed by atoms with van der Waals surface area (Å²) in [6, 6.07) is 9.89. The van der Waals surface area contributed by atoms with Crippen molar-refractivity contribution in [2.45, 2.75) is 43.9 Å². The third-order valence-electron chi connectivity index (χ3n) is 5.95. The predicted octanol–water partition coefficient (Wildman–Crippen LogP) is 6.31. The van der Waals surface area contributed by atoms with Gasteiger partial charge in [-0.15, -0.1) is 0 Å². The number of piperidine rings is 1. The lowest BCUT2D eigenvalue weighted by atomic mass is 9.78. The topological polar surface area (TPSA) is 41.6 Å². The van der Waals surface area contributed by atoms with Gasteiger partial charge in [0.05, 0.1) is 10.6 Å². The van der Waals surface area contributed by atoms with E-state index in [2.05, 4.69) is 12.2 Å². The van der Waals surface area contributed by atoms with Gasteiger partial charge in [-0.25, -0.2) is 4.79 Å². The number of hydrogen-bond donors (Lipinski definition) is 1. The van der Waals surface area contributed by atoms with Crippen LogP contribution in [0.5, 0.6) is 5.75 Å². The van der Waals surface area contributed by atoms with Crippen molar-refractivity contribution in [2.75, 3.05) is 18.4 Å². The average molecular weight is 439 g/mol. The lowest BCUT2D eigenvalue weighted by molar-refractivity contribution is -0.137. The van der Waals surface area contributed by atoms with Gasteiger partial charge in [0.2, 0.25) is 0 Å². The van der Waals surface area contributed by atoms with E-state index in [9.17, 15) is 18.0 Å². The predicted molar refractivity (Wildman–Crippen MR) is 109 cm³/mol. The number of ether oxygens (including phenoxy) is 1. The van der Waals surface area contributed by atoms with E-state index in [0.717, 1.165) is 29.9 Å². The normalized spacial score (nSPS) is 20.4. The van der Waals surface area contributed by atoms with Gasteiger partial charge >= 0.3 is 12.2 Å². The van der Waals surface area contributed by atoms with Crippen molar-refractivity contribution in [1.82, 2.24) is 4.90 Å². The van der Waals surface area contributed by atoms with E-state index in [0.29, 0.717) is 42.6 Å². The van der Waals surface area contributed by atoms with Crippen LogP contribution in [0.1, 0.15) is 43.2 Å².